The number of likely N-dealkylation sites (tertiary alicyclic amines) is 1. The van der Waals surface area contributed by atoms with E-state index in [1.165, 1.54) is 12.1 Å². The molecular weight excluding hydrogens is 275 g/mol. The Balaban J connectivity index is 2.23. The van der Waals surface area contributed by atoms with Gasteiger partial charge in [-0.25, -0.2) is 0 Å². The van der Waals surface area contributed by atoms with E-state index in [1.54, 1.807) is 4.90 Å². The molecule has 1 heterocycles. The van der Waals surface area contributed by atoms with Crippen LogP contribution in [0, 0.1) is 0 Å². The van der Waals surface area contributed by atoms with Crippen molar-refractivity contribution >= 4 is 34.8 Å². The van der Waals surface area contributed by atoms with Crippen LogP contribution in [0.1, 0.15) is 23.2 Å². The number of piperidine rings is 1. The molecule has 1 aromatic rings. The lowest BCUT2D eigenvalue weighted by Gasteiger charge is -2.30. The molecule has 0 spiro atoms. The van der Waals surface area contributed by atoms with Gasteiger partial charge < -0.3 is 15.7 Å². The maximum absolute atomic E-state index is 12.2. The summed E-state index contributed by atoms with van der Waals surface area (Å²) in [6.07, 6.45) is 1.07. The van der Waals surface area contributed by atoms with Gasteiger partial charge in [0.1, 0.15) is 0 Å². The van der Waals surface area contributed by atoms with Gasteiger partial charge in [-0.05, 0) is 25.0 Å². The smallest absolute Gasteiger partial charge is 0.254 e. The second kappa shape index (κ2) is 5.34. The number of β-amino-alcohol motifs (C(OH)–C–C–N with tert-alkyl or cyclic N) is 1. The zero-order chi connectivity index (χ0) is 13.3. The normalized spacial score (nSPS) is 19.9. The molecule has 6 heteroatoms. The van der Waals surface area contributed by atoms with Gasteiger partial charge >= 0.3 is 0 Å². The molecule has 2 rings (SSSR count). The molecule has 0 bridgehead atoms. The molecule has 1 fully saturated rings. The first-order valence-electron chi connectivity index (χ1n) is 5.71. The quantitative estimate of drug-likeness (QED) is 0.779. The lowest BCUT2D eigenvalue weighted by molar-refractivity contribution is 0.0474. The van der Waals surface area contributed by atoms with E-state index in [2.05, 4.69) is 0 Å². The number of nitrogens with two attached hydrogens (primary N) is 1. The maximum Gasteiger partial charge on any atom is 0.254 e. The minimum atomic E-state index is -0.456. The monoisotopic (exact) mass is 288 g/mol. The number of carbonyl (C=O) groups excluding carboxylic acids is 1. The number of nitrogen functional groups attached to an aromatic ring is 1. The van der Waals surface area contributed by atoms with Gasteiger partial charge in [0, 0.05) is 18.7 Å². The molecule has 4 nitrogen and oxygen atoms in total. The second-order valence-electron chi connectivity index (χ2n) is 4.41. The number of aliphatic hydroxyl groups excluding tert-OH is 1. The van der Waals surface area contributed by atoms with Gasteiger partial charge in [-0.1, -0.05) is 23.2 Å². The molecule has 0 radical (unpaired) electrons. The number of hydrogen-bond donors (Lipinski definition) is 2. The third-order valence-electron chi connectivity index (χ3n) is 2.99. The van der Waals surface area contributed by atoms with Crippen molar-refractivity contribution < 1.29 is 9.90 Å². The van der Waals surface area contributed by atoms with E-state index in [1.807, 2.05) is 0 Å². The Kier molecular flexibility index (Phi) is 4.00. The summed E-state index contributed by atoms with van der Waals surface area (Å²) in [4.78, 5) is 13.8. The Bertz CT molecular complexity index is 456. The lowest BCUT2D eigenvalue weighted by Crippen LogP contribution is -2.42. The Hall–Kier alpha value is -0.970. The van der Waals surface area contributed by atoms with Crippen LogP contribution in [0.3, 0.4) is 0 Å². The van der Waals surface area contributed by atoms with Crippen LogP contribution in [0.5, 0.6) is 0 Å². The van der Waals surface area contributed by atoms with Crippen LogP contribution in [0.2, 0.25) is 10.0 Å². The Labute approximate surface area is 115 Å². The number of halogens is 2. The molecule has 1 amide bonds. The molecule has 1 atom stereocenters. The van der Waals surface area contributed by atoms with Crippen molar-refractivity contribution in [3.8, 4) is 0 Å². The minimum absolute atomic E-state index is 0.181. The summed E-state index contributed by atoms with van der Waals surface area (Å²) in [7, 11) is 0. The average Bonchev–Trinajstić information content (AvgIpc) is 2.34. The molecule has 0 aliphatic carbocycles. The number of benzene rings is 1. The maximum atomic E-state index is 12.2. The summed E-state index contributed by atoms with van der Waals surface area (Å²) in [5.41, 5.74) is 6.36. The molecule has 0 saturated carbocycles. The molecule has 1 aliphatic rings. The van der Waals surface area contributed by atoms with Crippen molar-refractivity contribution in [2.75, 3.05) is 18.8 Å². The third kappa shape index (κ3) is 2.71. The zero-order valence-corrected chi connectivity index (χ0v) is 11.2. The first kappa shape index (κ1) is 13.5. The number of carbonyl (C=O) groups is 1. The number of rotatable bonds is 1. The molecule has 3 N–H and O–H groups in total. The molecule has 1 aliphatic heterocycles. The van der Waals surface area contributed by atoms with E-state index in [0.717, 1.165) is 12.8 Å². The summed E-state index contributed by atoms with van der Waals surface area (Å²) >= 11 is 11.7. The van der Waals surface area contributed by atoms with Gasteiger partial charge in [0.05, 0.1) is 21.8 Å². The highest BCUT2D eigenvalue weighted by Gasteiger charge is 2.23. The number of aliphatic hydroxyl groups is 1. The summed E-state index contributed by atoms with van der Waals surface area (Å²) in [6, 6.07) is 3.01. The van der Waals surface area contributed by atoms with Crippen LogP contribution in [0.4, 0.5) is 5.69 Å². The molecule has 18 heavy (non-hydrogen) atoms. The molecule has 0 unspecified atom stereocenters. The van der Waals surface area contributed by atoms with Crippen LogP contribution in [0.25, 0.3) is 0 Å². The number of hydrogen-bond acceptors (Lipinski definition) is 3. The number of amides is 1. The van der Waals surface area contributed by atoms with Gasteiger partial charge in [0.2, 0.25) is 0 Å². The van der Waals surface area contributed by atoms with E-state index in [-0.39, 0.29) is 21.6 Å². The topological polar surface area (TPSA) is 66.6 Å². The number of nitrogens with zero attached hydrogens (tertiary/aromatic N) is 1. The Morgan fingerprint density at radius 1 is 1.44 bits per heavy atom. The van der Waals surface area contributed by atoms with Gasteiger partial charge in [-0.15, -0.1) is 0 Å². The fourth-order valence-corrected chi connectivity index (χ4v) is 2.39. The summed E-state index contributed by atoms with van der Waals surface area (Å²) in [6.45, 7) is 0.981. The average molecular weight is 289 g/mol. The Morgan fingerprint density at radius 3 is 2.78 bits per heavy atom. The summed E-state index contributed by atoms with van der Waals surface area (Å²) in [5.74, 6) is -0.181. The van der Waals surface area contributed by atoms with Crippen LogP contribution in [-0.2, 0) is 0 Å². The summed E-state index contributed by atoms with van der Waals surface area (Å²) < 4.78 is 0. The first-order chi connectivity index (χ1) is 8.49. The van der Waals surface area contributed by atoms with Gasteiger partial charge in [0.15, 0.2) is 0 Å². The molecule has 1 saturated heterocycles. The second-order valence-corrected chi connectivity index (χ2v) is 5.19. The van der Waals surface area contributed by atoms with Gasteiger partial charge in [0.25, 0.3) is 5.91 Å². The van der Waals surface area contributed by atoms with Gasteiger partial charge in [-0.2, -0.15) is 0 Å². The van der Waals surface area contributed by atoms with E-state index in [4.69, 9.17) is 28.9 Å². The SMILES string of the molecule is Nc1cc(C(=O)N2CCC[C@H](O)C2)cc(Cl)c1Cl. The molecule has 0 aromatic heterocycles. The van der Waals surface area contributed by atoms with Crippen LogP contribution in [0.15, 0.2) is 12.1 Å². The van der Waals surface area contributed by atoms with Crippen LogP contribution in [-0.4, -0.2) is 35.1 Å². The fraction of sp³-hybridized carbons (Fsp3) is 0.417. The van der Waals surface area contributed by atoms with Crippen molar-refractivity contribution in [3.05, 3.63) is 27.7 Å². The van der Waals surface area contributed by atoms with Crippen molar-refractivity contribution in [3.63, 3.8) is 0 Å². The molecule has 1 aromatic carbocycles. The van der Waals surface area contributed by atoms with E-state index < -0.39 is 6.10 Å². The van der Waals surface area contributed by atoms with Crippen LogP contribution >= 0.6 is 23.2 Å². The van der Waals surface area contributed by atoms with Crippen LogP contribution < -0.4 is 5.73 Å². The number of anilines is 1. The summed E-state index contributed by atoms with van der Waals surface area (Å²) in [5, 5.41) is 10.1. The first-order valence-corrected chi connectivity index (χ1v) is 6.46. The van der Waals surface area contributed by atoms with E-state index in [9.17, 15) is 9.90 Å². The predicted molar refractivity (Wildman–Crippen MR) is 72.0 cm³/mol. The third-order valence-corrected chi connectivity index (χ3v) is 3.80. The van der Waals surface area contributed by atoms with Crippen molar-refractivity contribution in [1.82, 2.24) is 4.90 Å². The highest BCUT2D eigenvalue weighted by atomic mass is 35.5. The molecular formula is C12H14Cl2N2O2. The fourth-order valence-electron chi connectivity index (χ4n) is 2.06. The van der Waals surface area contributed by atoms with E-state index in [0.29, 0.717) is 18.7 Å². The van der Waals surface area contributed by atoms with Crippen molar-refractivity contribution in [2.45, 2.75) is 18.9 Å². The van der Waals surface area contributed by atoms with Crippen molar-refractivity contribution in [2.24, 2.45) is 0 Å². The predicted octanol–water partition coefficient (Wildman–Crippen LogP) is 2.17. The van der Waals surface area contributed by atoms with Crippen molar-refractivity contribution in [1.29, 1.82) is 0 Å². The van der Waals surface area contributed by atoms with Gasteiger partial charge in [-0.3, -0.25) is 4.79 Å². The minimum Gasteiger partial charge on any atom is -0.397 e. The lowest BCUT2D eigenvalue weighted by atomic mass is 10.1. The standard InChI is InChI=1S/C12H14Cl2N2O2/c13-9-4-7(5-10(15)11(9)14)12(18)16-3-1-2-8(17)6-16/h4-5,8,17H,1-3,6,15H2/t8-/m0/s1. The molecule has 98 valence electrons. The highest BCUT2D eigenvalue weighted by Crippen LogP contribution is 2.30. The van der Waals surface area contributed by atoms with E-state index >= 15 is 0 Å². The highest BCUT2D eigenvalue weighted by molar-refractivity contribution is 6.43. The largest absolute Gasteiger partial charge is 0.397 e. The Morgan fingerprint density at radius 2 is 2.17 bits per heavy atom. The zero-order valence-electron chi connectivity index (χ0n) is 9.70.